The molecule has 1 spiro atoms. The van der Waals surface area contributed by atoms with Crippen LogP contribution in [0.25, 0.3) is 0 Å². The summed E-state index contributed by atoms with van der Waals surface area (Å²) in [6.45, 7) is 7.05. The molecule has 0 aliphatic carbocycles. The maximum atomic E-state index is 14.6. The Balaban J connectivity index is 1.32. The number of hydrogen-bond acceptors (Lipinski definition) is 9. The van der Waals surface area contributed by atoms with Crippen molar-refractivity contribution in [3.8, 4) is 5.75 Å². The van der Waals surface area contributed by atoms with Crippen LogP contribution in [-0.4, -0.2) is 68.2 Å². The average Bonchev–Trinajstić information content (AvgIpc) is 3.48. The molecule has 12 heteroatoms. The fourth-order valence-corrected chi connectivity index (χ4v) is 6.35. The number of nitrogens with one attached hydrogen (secondary N) is 3. The molecule has 2 amide bonds. The standard InChI is InChI=1S/C31H35FN8O3/c1-4-28(42)35-22-15-23(26(43-3)16-24(22)39-17-31(18-39)9-6-10-34-31)36-30-33-11-8-27(37-30)40(19-41)25-14-21(32)13-20-7-5-12-38(2)29(20)25/h4,8,11,13-16,19,34H,1,5-7,9-10,12,17-18H2,2-3H3,(H,35,42)(H,33,36,37). The minimum atomic E-state index is -0.418. The van der Waals surface area contributed by atoms with Crippen molar-refractivity contribution < 1.29 is 18.7 Å². The van der Waals surface area contributed by atoms with Crippen LogP contribution in [0.2, 0.25) is 0 Å². The molecule has 2 aromatic carbocycles. The van der Waals surface area contributed by atoms with Gasteiger partial charge in [0.05, 0.1) is 41.1 Å². The number of aryl methyl sites for hydroxylation is 1. The molecule has 3 N–H and O–H groups in total. The Hall–Kier alpha value is -4.71. The lowest BCUT2D eigenvalue weighted by Gasteiger charge is -2.50. The van der Waals surface area contributed by atoms with Crippen molar-refractivity contribution in [1.29, 1.82) is 0 Å². The third-order valence-corrected chi connectivity index (χ3v) is 8.37. The molecule has 2 saturated heterocycles. The highest BCUT2D eigenvalue weighted by Crippen LogP contribution is 2.43. The number of halogens is 1. The van der Waals surface area contributed by atoms with Crippen LogP contribution in [0.5, 0.6) is 5.75 Å². The zero-order valence-electron chi connectivity index (χ0n) is 24.3. The lowest BCUT2D eigenvalue weighted by Crippen LogP contribution is -2.67. The van der Waals surface area contributed by atoms with Gasteiger partial charge in [0.1, 0.15) is 17.4 Å². The van der Waals surface area contributed by atoms with Gasteiger partial charge in [-0.25, -0.2) is 9.37 Å². The summed E-state index contributed by atoms with van der Waals surface area (Å²) >= 11 is 0. The molecule has 4 heterocycles. The summed E-state index contributed by atoms with van der Waals surface area (Å²) in [7, 11) is 3.50. The summed E-state index contributed by atoms with van der Waals surface area (Å²) < 4.78 is 20.4. The van der Waals surface area contributed by atoms with Gasteiger partial charge in [0, 0.05) is 45.0 Å². The van der Waals surface area contributed by atoms with E-state index in [2.05, 4.69) is 37.4 Å². The largest absolute Gasteiger partial charge is 0.494 e. The number of rotatable bonds is 9. The minimum Gasteiger partial charge on any atom is -0.494 e. The van der Waals surface area contributed by atoms with Crippen LogP contribution in [0.15, 0.2) is 49.2 Å². The number of ether oxygens (including phenoxy) is 1. The number of anilines is 7. The van der Waals surface area contributed by atoms with E-state index in [1.807, 2.05) is 18.0 Å². The Labute approximate surface area is 249 Å². The van der Waals surface area contributed by atoms with Gasteiger partial charge in [-0.3, -0.25) is 14.5 Å². The van der Waals surface area contributed by atoms with Gasteiger partial charge in [-0.05, 0) is 62.1 Å². The number of hydrogen-bond donors (Lipinski definition) is 3. The van der Waals surface area contributed by atoms with Gasteiger partial charge in [0.2, 0.25) is 18.3 Å². The molecule has 6 rings (SSSR count). The number of amides is 2. The Kier molecular flexibility index (Phi) is 7.61. The van der Waals surface area contributed by atoms with Crippen molar-refractivity contribution in [3.05, 3.63) is 60.6 Å². The quantitative estimate of drug-likeness (QED) is 0.252. The van der Waals surface area contributed by atoms with Crippen LogP contribution in [0.4, 0.5) is 44.6 Å². The molecular weight excluding hydrogens is 551 g/mol. The van der Waals surface area contributed by atoms with Gasteiger partial charge >= 0.3 is 0 Å². The number of aromatic nitrogens is 2. The predicted molar refractivity (Wildman–Crippen MR) is 166 cm³/mol. The Morgan fingerprint density at radius 2 is 2.07 bits per heavy atom. The molecule has 11 nitrogen and oxygen atoms in total. The second-order valence-electron chi connectivity index (χ2n) is 11.2. The SMILES string of the molecule is C=CC(=O)Nc1cc(Nc2nccc(N(C=O)c3cc(F)cc4c3N(C)CCC4)n2)c(OC)cc1N1CC2(CCCN2)C1. The summed E-state index contributed by atoms with van der Waals surface area (Å²) in [6, 6.07) is 8.11. The highest BCUT2D eigenvalue weighted by molar-refractivity contribution is 6.02. The summed E-state index contributed by atoms with van der Waals surface area (Å²) in [6.07, 6.45) is 7.27. The molecule has 0 atom stereocenters. The van der Waals surface area contributed by atoms with Crippen molar-refractivity contribution in [2.24, 2.45) is 0 Å². The topological polar surface area (TPSA) is 115 Å². The highest BCUT2D eigenvalue weighted by Gasteiger charge is 2.45. The van der Waals surface area contributed by atoms with Gasteiger partial charge in [-0.15, -0.1) is 0 Å². The predicted octanol–water partition coefficient (Wildman–Crippen LogP) is 4.11. The molecule has 3 aromatic rings. The number of fused-ring (bicyclic) bond motifs is 1. The molecule has 43 heavy (non-hydrogen) atoms. The molecule has 1 aromatic heterocycles. The fourth-order valence-electron chi connectivity index (χ4n) is 6.35. The molecular formula is C31H35FN8O3. The second-order valence-corrected chi connectivity index (χ2v) is 11.2. The molecule has 224 valence electrons. The van der Waals surface area contributed by atoms with E-state index in [0.717, 1.165) is 68.8 Å². The molecule has 2 fully saturated rings. The first-order chi connectivity index (χ1) is 20.8. The van der Waals surface area contributed by atoms with E-state index in [0.29, 0.717) is 29.2 Å². The smallest absolute Gasteiger partial charge is 0.247 e. The first kappa shape index (κ1) is 28.4. The molecule has 3 aliphatic heterocycles. The number of carbonyl (C=O) groups is 2. The van der Waals surface area contributed by atoms with E-state index in [-0.39, 0.29) is 23.2 Å². The van der Waals surface area contributed by atoms with Gasteiger partial charge in [0.25, 0.3) is 0 Å². The third kappa shape index (κ3) is 5.45. The van der Waals surface area contributed by atoms with Crippen molar-refractivity contribution in [1.82, 2.24) is 15.3 Å². The van der Waals surface area contributed by atoms with Gasteiger partial charge in [-0.1, -0.05) is 6.58 Å². The number of nitrogens with zero attached hydrogens (tertiary/aromatic N) is 5. The molecule has 3 aliphatic rings. The van der Waals surface area contributed by atoms with Gasteiger partial charge < -0.3 is 30.5 Å². The maximum Gasteiger partial charge on any atom is 0.247 e. The Bertz CT molecular complexity index is 1570. The highest BCUT2D eigenvalue weighted by atomic mass is 19.1. The summed E-state index contributed by atoms with van der Waals surface area (Å²) in [5.74, 6) is 0.223. The Morgan fingerprint density at radius 1 is 1.23 bits per heavy atom. The molecule has 0 radical (unpaired) electrons. The second kappa shape index (κ2) is 11.5. The lowest BCUT2D eigenvalue weighted by atomic mass is 9.87. The molecule has 0 bridgehead atoms. The number of benzene rings is 2. The van der Waals surface area contributed by atoms with Crippen molar-refractivity contribution in [3.63, 3.8) is 0 Å². The number of carbonyl (C=O) groups excluding carboxylic acids is 2. The van der Waals surface area contributed by atoms with Crippen molar-refractivity contribution in [2.75, 3.05) is 65.7 Å². The Morgan fingerprint density at radius 3 is 2.79 bits per heavy atom. The van der Waals surface area contributed by atoms with E-state index in [4.69, 9.17) is 4.74 Å². The summed E-state index contributed by atoms with van der Waals surface area (Å²) in [5.41, 5.74) is 4.10. The van der Waals surface area contributed by atoms with Gasteiger partial charge in [0.15, 0.2) is 0 Å². The normalized spacial score (nSPS) is 16.7. The molecule has 0 saturated carbocycles. The van der Waals surface area contributed by atoms with E-state index < -0.39 is 5.82 Å². The minimum absolute atomic E-state index is 0.109. The fraction of sp³-hybridized carbons (Fsp3) is 0.355. The van der Waals surface area contributed by atoms with E-state index in [1.54, 1.807) is 19.2 Å². The van der Waals surface area contributed by atoms with Crippen LogP contribution in [-0.2, 0) is 16.0 Å². The first-order valence-corrected chi connectivity index (χ1v) is 14.4. The zero-order chi connectivity index (χ0) is 30.1. The van der Waals surface area contributed by atoms with Crippen LogP contribution in [0.3, 0.4) is 0 Å². The van der Waals surface area contributed by atoms with Crippen LogP contribution < -0.4 is 35.4 Å². The van der Waals surface area contributed by atoms with E-state index in [1.165, 1.54) is 29.3 Å². The van der Waals surface area contributed by atoms with Crippen LogP contribution >= 0.6 is 0 Å². The first-order valence-electron chi connectivity index (χ1n) is 14.4. The third-order valence-electron chi connectivity index (χ3n) is 8.37. The van der Waals surface area contributed by atoms with Crippen molar-refractivity contribution >= 4 is 52.5 Å². The lowest BCUT2D eigenvalue weighted by molar-refractivity contribution is -0.112. The van der Waals surface area contributed by atoms with Crippen LogP contribution in [0, 0.1) is 5.82 Å². The molecule has 0 unspecified atom stereocenters. The van der Waals surface area contributed by atoms with Crippen LogP contribution in [0.1, 0.15) is 24.8 Å². The van der Waals surface area contributed by atoms with E-state index >= 15 is 0 Å². The van der Waals surface area contributed by atoms with Gasteiger partial charge in [-0.2, -0.15) is 4.98 Å². The maximum absolute atomic E-state index is 14.6. The zero-order valence-corrected chi connectivity index (χ0v) is 24.3. The summed E-state index contributed by atoms with van der Waals surface area (Å²) in [4.78, 5) is 39.3. The van der Waals surface area contributed by atoms with Crippen molar-refractivity contribution in [2.45, 2.75) is 31.2 Å². The monoisotopic (exact) mass is 586 g/mol. The average molecular weight is 587 g/mol. The van der Waals surface area contributed by atoms with E-state index in [9.17, 15) is 14.0 Å². The number of methoxy groups -OCH3 is 1. The summed E-state index contributed by atoms with van der Waals surface area (Å²) in [5, 5.41) is 9.70.